The Morgan fingerprint density at radius 3 is 1.65 bits per heavy atom. The van der Waals surface area contributed by atoms with Gasteiger partial charge in [0.1, 0.15) is 0 Å². The predicted molar refractivity (Wildman–Crippen MR) is 209 cm³/mol. The highest BCUT2D eigenvalue weighted by Gasteiger charge is 2.25. The average molecular weight is 847 g/mol. The van der Waals surface area contributed by atoms with Gasteiger partial charge in [0.05, 0.1) is 45.3 Å². The number of methoxy groups -OCH3 is 1. The number of anilines is 2. The van der Waals surface area contributed by atoms with Crippen molar-refractivity contribution in [2.45, 2.75) is 52.6 Å². The summed E-state index contributed by atoms with van der Waals surface area (Å²) < 4.78 is 42.7. The molecule has 4 aromatic heterocycles. The molecule has 4 rings (SSSR count). The fourth-order valence-electron chi connectivity index (χ4n) is 5.54. The molecule has 4 aromatic rings. The van der Waals surface area contributed by atoms with Crippen LogP contribution in [0.25, 0.3) is 22.3 Å². The predicted octanol–water partition coefficient (Wildman–Crippen LogP) is 0.269. The van der Waals surface area contributed by atoms with Gasteiger partial charge in [-0.1, -0.05) is 0 Å². The molecule has 0 aliphatic heterocycles. The number of nitrogens with two attached hydrogens (primary N) is 2. The van der Waals surface area contributed by atoms with E-state index in [-0.39, 0.29) is 60.6 Å². The average Bonchev–Trinajstić information content (AvgIpc) is 3.74. The molecular formula is C31H52N12O12P2. The number of nitrogens with one attached hydrogen (secondary N) is 2. The first-order valence-corrected chi connectivity index (χ1v) is 21.6. The van der Waals surface area contributed by atoms with E-state index in [1.807, 2.05) is 0 Å². The highest BCUT2D eigenvalue weighted by atomic mass is 31.2. The molecule has 0 saturated carbocycles. The first-order chi connectivity index (χ1) is 27.0. The molecule has 26 heteroatoms. The molecule has 0 saturated heterocycles. The molecule has 318 valence electrons. The number of nitrogen functional groups attached to an aromatic ring is 2. The number of carbonyl (C=O) groups is 2. The number of fused-ring (bicyclic) bond motifs is 2. The summed E-state index contributed by atoms with van der Waals surface area (Å²) in [5.74, 6) is -1.24. The Labute approximate surface area is 326 Å². The van der Waals surface area contributed by atoms with Crippen LogP contribution in [0.5, 0.6) is 0 Å². The summed E-state index contributed by atoms with van der Waals surface area (Å²) in [5.41, 5.74) is 11.4. The standard InChI is InChI=1S/C18H31N6O6P.C13H21N6O6P/c1-4-29-31(27,30-5-2)12-11-23(8-6-7-14(25)28-3)9-10-24-13-20-15-16(24)21-18(19)22-17(15)26;14-13-16-11-10(12(22)17-13)15-8-19(11)5-4-18(3-1-2-9(20)21)6-7-26(23,24)25/h13H,4-12H2,1-3H3,(H3,19,21,22,26);8H,1-7H2,(H,20,21)(H2,23,24,25)(H3,14,16,17,22). The van der Waals surface area contributed by atoms with E-state index in [2.05, 4.69) is 34.8 Å². The minimum atomic E-state index is -4.16. The van der Waals surface area contributed by atoms with E-state index >= 15 is 0 Å². The molecule has 0 spiro atoms. The van der Waals surface area contributed by atoms with Gasteiger partial charge in [-0.25, -0.2) is 9.97 Å². The highest BCUT2D eigenvalue weighted by molar-refractivity contribution is 7.53. The molecular weight excluding hydrogens is 794 g/mol. The lowest BCUT2D eigenvalue weighted by Gasteiger charge is -2.25. The van der Waals surface area contributed by atoms with Crippen molar-refractivity contribution in [3.63, 3.8) is 0 Å². The lowest BCUT2D eigenvalue weighted by atomic mass is 10.3. The van der Waals surface area contributed by atoms with Crippen LogP contribution in [0.1, 0.15) is 39.5 Å². The lowest BCUT2D eigenvalue weighted by molar-refractivity contribution is -0.141. The molecule has 0 amide bonds. The number of imidazole rings is 2. The Morgan fingerprint density at radius 2 is 1.23 bits per heavy atom. The number of aliphatic carboxylic acids is 1. The minimum absolute atomic E-state index is 0.0172. The van der Waals surface area contributed by atoms with Crippen molar-refractivity contribution in [3.05, 3.63) is 33.4 Å². The van der Waals surface area contributed by atoms with Gasteiger partial charge in [-0.15, -0.1) is 0 Å². The highest BCUT2D eigenvalue weighted by Crippen LogP contribution is 2.47. The molecule has 0 aliphatic rings. The number of hydrogen-bond acceptors (Lipinski definition) is 17. The quantitative estimate of drug-likeness (QED) is 0.0367. The summed E-state index contributed by atoms with van der Waals surface area (Å²) in [6, 6.07) is 0. The third-order valence-corrected chi connectivity index (χ3v) is 11.1. The molecule has 0 bridgehead atoms. The fourth-order valence-corrected chi connectivity index (χ4v) is 7.73. The van der Waals surface area contributed by atoms with Crippen molar-refractivity contribution in [1.82, 2.24) is 48.8 Å². The third-order valence-electron chi connectivity index (χ3n) is 8.30. The molecule has 0 aromatic carbocycles. The maximum atomic E-state index is 12.8. The summed E-state index contributed by atoms with van der Waals surface area (Å²) in [6.07, 6.45) is 4.05. The second-order valence-electron chi connectivity index (χ2n) is 12.5. The molecule has 0 aliphatic carbocycles. The number of esters is 1. The molecule has 9 N–H and O–H groups in total. The van der Waals surface area contributed by atoms with Gasteiger partial charge in [0.15, 0.2) is 22.3 Å². The Hall–Kier alpha value is -4.54. The number of H-pyrrole nitrogens is 2. The summed E-state index contributed by atoms with van der Waals surface area (Å²) in [5, 5.41) is 8.73. The van der Waals surface area contributed by atoms with E-state index in [1.54, 1.807) is 27.9 Å². The van der Waals surface area contributed by atoms with Crippen LogP contribution in [0.4, 0.5) is 11.9 Å². The summed E-state index contributed by atoms with van der Waals surface area (Å²) >= 11 is 0. The van der Waals surface area contributed by atoms with Crippen LogP contribution in [-0.2, 0) is 45.6 Å². The summed E-state index contributed by atoms with van der Waals surface area (Å²) in [7, 11) is -6.00. The fraction of sp³-hybridized carbons (Fsp3) is 0.613. The second-order valence-corrected chi connectivity index (χ2v) is 16.5. The Kier molecular flexibility index (Phi) is 18.4. The number of nitrogens with zero attached hydrogens (tertiary/aromatic N) is 8. The van der Waals surface area contributed by atoms with Crippen LogP contribution >= 0.6 is 15.2 Å². The van der Waals surface area contributed by atoms with Crippen molar-refractivity contribution in [2.24, 2.45) is 0 Å². The molecule has 4 heterocycles. The molecule has 0 atom stereocenters. The van der Waals surface area contributed by atoms with Crippen LogP contribution in [0.2, 0.25) is 0 Å². The van der Waals surface area contributed by atoms with E-state index in [9.17, 15) is 28.3 Å². The zero-order valence-electron chi connectivity index (χ0n) is 32.1. The monoisotopic (exact) mass is 846 g/mol. The lowest BCUT2D eigenvalue weighted by Crippen LogP contribution is -2.32. The van der Waals surface area contributed by atoms with E-state index in [4.69, 9.17) is 40.1 Å². The van der Waals surface area contributed by atoms with E-state index in [0.717, 1.165) is 0 Å². The van der Waals surface area contributed by atoms with Gasteiger partial charge in [-0.2, -0.15) is 9.97 Å². The van der Waals surface area contributed by atoms with Crippen LogP contribution < -0.4 is 22.6 Å². The Morgan fingerprint density at radius 1 is 0.772 bits per heavy atom. The molecule has 0 radical (unpaired) electrons. The normalized spacial score (nSPS) is 12.1. The smallest absolute Gasteiger partial charge is 0.331 e. The molecule has 57 heavy (non-hydrogen) atoms. The van der Waals surface area contributed by atoms with Crippen LogP contribution in [0, 0.1) is 0 Å². The van der Waals surface area contributed by atoms with E-state index < -0.39 is 32.3 Å². The van der Waals surface area contributed by atoms with Gasteiger partial charge in [-0.05, 0) is 39.8 Å². The molecule has 24 nitrogen and oxygen atoms in total. The number of rotatable bonds is 24. The number of carboxylic acid groups (broad SMARTS) is 1. The van der Waals surface area contributed by atoms with Gasteiger partial charge in [-0.3, -0.25) is 38.3 Å². The maximum absolute atomic E-state index is 12.8. The van der Waals surface area contributed by atoms with E-state index in [0.29, 0.717) is 83.2 Å². The summed E-state index contributed by atoms with van der Waals surface area (Å²) in [6.45, 7) is 7.37. The van der Waals surface area contributed by atoms with Crippen LogP contribution in [0.15, 0.2) is 22.2 Å². The van der Waals surface area contributed by atoms with Crippen LogP contribution in [-0.4, -0.2) is 148 Å². The van der Waals surface area contributed by atoms with Crippen LogP contribution in [0.3, 0.4) is 0 Å². The van der Waals surface area contributed by atoms with Gasteiger partial charge in [0.25, 0.3) is 11.1 Å². The largest absolute Gasteiger partial charge is 0.481 e. The third kappa shape index (κ3) is 15.7. The topological polar surface area (TPSA) is 342 Å². The number of carbonyl (C=O) groups excluding carboxylic acids is 1. The summed E-state index contributed by atoms with van der Waals surface area (Å²) in [4.78, 5) is 88.8. The second kappa shape index (κ2) is 22.4. The van der Waals surface area contributed by atoms with Crippen molar-refractivity contribution >= 4 is 61.4 Å². The number of aromatic nitrogens is 8. The zero-order valence-corrected chi connectivity index (χ0v) is 33.9. The number of ether oxygens (including phenoxy) is 1. The van der Waals surface area contributed by atoms with Gasteiger partial charge in [0, 0.05) is 52.1 Å². The first-order valence-electron chi connectivity index (χ1n) is 18.0. The minimum Gasteiger partial charge on any atom is -0.481 e. The Bertz CT molecular complexity index is 2120. The SMILES string of the molecule is CCOP(=O)(CCN(CCCC(=O)OC)CCn1cnc2c(=O)[nH]c(N)nc21)OCC.Nc1nc2c(ncn2CCN(CCCC(=O)O)CCP(=O)(O)O)c(=O)[nH]1. The van der Waals surface area contributed by atoms with Crippen molar-refractivity contribution in [2.75, 3.05) is 83.4 Å². The molecule has 0 fully saturated rings. The van der Waals surface area contributed by atoms with Crippen molar-refractivity contribution in [1.29, 1.82) is 0 Å². The zero-order chi connectivity index (χ0) is 42.2. The van der Waals surface area contributed by atoms with Crippen molar-refractivity contribution < 1.29 is 47.4 Å². The number of carboxylic acids is 1. The van der Waals surface area contributed by atoms with Crippen molar-refractivity contribution in [3.8, 4) is 0 Å². The molecule has 0 unspecified atom stereocenters. The van der Waals surface area contributed by atoms with E-state index in [1.165, 1.54) is 19.8 Å². The van der Waals surface area contributed by atoms with Gasteiger partial charge < -0.3 is 59.1 Å². The first kappa shape index (κ1) is 46.8. The maximum Gasteiger partial charge on any atom is 0.331 e. The number of hydrogen-bond donors (Lipinski definition) is 7. The number of aromatic amines is 2. The van der Waals surface area contributed by atoms with Gasteiger partial charge >= 0.3 is 27.1 Å². The van der Waals surface area contributed by atoms with Gasteiger partial charge in [0.2, 0.25) is 11.9 Å². The Balaban J connectivity index is 0.000000310.